The van der Waals surface area contributed by atoms with Crippen LogP contribution in [0.2, 0.25) is 0 Å². The van der Waals surface area contributed by atoms with E-state index in [-0.39, 0.29) is 23.7 Å². The number of amides is 1. The fraction of sp³-hybridized carbons (Fsp3) is 0.300. The van der Waals surface area contributed by atoms with Crippen LogP contribution in [0.15, 0.2) is 24.3 Å². The van der Waals surface area contributed by atoms with Crippen LogP contribution in [-0.2, 0) is 10.7 Å². The second kappa shape index (κ2) is 3.45. The van der Waals surface area contributed by atoms with Crippen molar-refractivity contribution in [2.45, 2.75) is 5.92 Å². The lowest BCUT2D eigenvalue weighted by atomic mass is 10.1. The van der Waals surface area contributed by atoms with E-state index in [4.69, 9.17) is 11.6 Å². The Morgan fingerprint density at radius 3 is 2.67 bits per heavy atom. The summed E-state index contributed by atoms with van der Waals surface area (Å²) >= 11 is 5.47. The molecule has 0 spiro atoms. The van der Waals surface area contributed by atoms with E-state index >= 15 is 0 Å². The maximum atomic E-state index is 13.5. The zero-order valence-electron chi connectivity index (χ0n) is 7.71. The summed E-state index contributed by atoms with van der Waals surface area (Å²) in [7, 11) is 0. The number of nitrogens with zero attached hydrogens (tertiary/aromatic N) is 1. The van der Waals surface area contributed by atoms with Crippen molar-refractivity contribution in [1.29, 1.82) is 0 Å². The van der Waals surface area contributed by atoms with E-state index in [2.05, 4.69) is 0 Å². The monoisotopic (exact) mass is 231 g/mol. The Bertz CT molecular complexity index is 408. The fourth-order valence-corrected chi connectivity index (χ4v) is 1.84. The lowest BCUT2D eigenvalue weighted by Gasteiger charge is -2.15. The van der Waals surface area contributed by atoms with Crippen LogP contribution in [0.4, 0.5) is 14.5 Å². The molecule has 0 saturated heterocycles. The molecule has 0 unspecified atom stereocenters. The minimum atomic E-state index is -3.41. The van der Waals surface area contributed by atoms with Crippen LogP contribution in [0.25, 0.3) is 0 Å². The Hall–Kier alpha value is -1.16. The summed E-state index contributed by atoms with van der Waals surface area (Å²) in [5.41, 5.74) is 0.0215. The van der Waals surface area contributed by atoms with Gasteiger partial charge in [0.1, 0.15) is 0 Å². The number of alkyl halides is 3. The lowest BCUT2D eigenvalue weighted by molar-refractivity contribution is -0.141. The number of rotatable bonds is 2. The van der Waals surface area contributed by atoms with Crippen LogP contribution in [0.1, 0.15) is 5.56 Å². The molecule has 5 heteroatoms. The summed E-state index contributed by atoms with van der Waals surface area (Å²) < 4.78 is 26.9. The number of anilines is 1. The van der Waals surface area contributed by atoms with E-state index in [1.54, 1.807) is 6.07 Å². The van der Waals surface area contributed by atoms with Gasteiger partial charge in [0.25, 0.3) is 0 Å². The highest BCUT2D eigenvalue weighted by atomic mass is 35.5. The highest BCUT2D eigenvalue weighted by molar-refractivity contribution is 6.18. The van der Waals surface area contributed by atoms with Crippen molar-refractivity contribution >= 4 is 23.2 Å². The van der Waals surface area contributed by atoms with E-state index in [9.17, 15) is 13.6 Å². The molecule has 1 aromatic carbocycles. The molecule has 2 rings (SSSR count). The van der Waals surface area contributed by atoms with Gasteiger partial charge in [-0.05, 0) is 6.07 Å². The quantitative estimate of drug-likeness (QED) is 0.716. The number of hydrogen-bond acceptors (Lipinski definition) is 1. The van der Waals surface area contributed by atoms with Crippen molar-refractivity contribution in [2.75, 3.05) is 17.3 Å². The largest absolute Gasteiger partial charge is 0.352 e. The van der Waals surface area contributed by atoms with Crippen LogP contribution >= 0.6 is 11.6 Å². The molecule has 0 aliphatic carbocycles. The normalized spacial score (nSPS) is 18.1. The Balaban J connectivity index is 2.52. The summed E-state index contributed by atoms with van der Waals surface area (Å²) in [6, 6.07) is 5.88. The van der Waals surface area contributed by atoms with Crippen molar-refractivity contribution in [2.24, 2.45) is 0 Å². The maximum absolute atomic E-state index is 13.5. The number of hydrogen-bond donors (Lipinski definition) is 0. The van der Waals surface area contributed by atoms with E-state index < -0.39 is 11.8 Å². The van der Waals surface area contributed by atoms with Gasteiger partial charge in [-0.3, -0.25) is 4.79 Å². The lowest BCUT2D eigenvalue weighted by Crippen LogP contribution is -2.35. The van der Waals surface area contributed by atoms with Crippen molar-refractivity contribution < 1.29 is 13.6 Å². The average Bonchev–Trinajstić information content (AvgIpc) is 2.42. The van der Waals surface area contributed by atoms with Gasteiger partial charge in [-0.25, -0.2) is 0 Å². The molecule has 0 N–H and O–H groups in total. The highest BCUT2D eigenvalue weighted by Crippen LogP contribution is 2.43. The summed E-state index contributed by atoms with van der Waals surface area (Å²) in [5, 5.41) is 0. The zero-order chi connectivity index (χ0) is 11.1. The summed E-state index contributed by atoms with van der Waals surface area (Å²) in [5.74, 6) is -4.47. The van der Waals surface area contributed by atoms with Gasteiger partial charge < -0.3 is 4.90 Å². The summed E-state index contributed by atoms with van der Waals surface area (Å²) in [6.07, 6.45) is 0. The minimum Gasteiger partial charge on any atom is -0.305 e. The average molecular weight is 232 g/mol. The number of carbonyl (C=O) groups excluding carboxylic acids is 1. The predicted octanol–water partition coefficient (Wildman–Crippen LogP) is 2.36. The van der Waals surface area contributed by atoms with Gasteiger partial charge >= 0.3 is 11.8 Å². The van der Waals surface area contributed by atoms with Gasteiger partial charge in [0.05, 0.1) is 11.3 Å². The number of carbonyl (C=O) groups is 1. The molecule has 1 amide bonds. The molecule has 80 valence electrons. The van der Waals surface area contributed by atoms with Gasteiger partial charge in [0.15, 0.2) is 0 Å². The smallest absolute Gasteiger partial charge is 0.305 e. The third-order valence-electron chi connectivity index (χ3n) is 2.35. The summed E-state index contributed by atoms with van der Waals surface area (Å²) in [4.78, 5) is 12.4. The molecule has 1 aliphatic heterocycles. The first-order chi connectivity index (χ1) is 7.09. The van der Waals surface area contributed by atoms with E-state index in [1.165, 1.54) is 18.2 Å². The molecule has 1 aromatic rings. The number of benzene rings is 1. The number of para-hydroxylation sites is 1. The van der Waals surface area contributed by atoms with Crippen LogP contribution in [-0.4, -0.2) is 18.3 Å². The number of halogens is 3. The molecule has 2 nitrogen and oxygen atoms in total. The van der Waals surface area contributed by atoms with Crippen LogP contribution in [0.3, 0.4) is 0 Å². The van der Waals surface area contributed by atoms with Crippen molar-refractivity contribution in [1.82, 2.24) is 0 Å². The number of fused-ring (bicyclic) bond motifs is 1. The molecule has 0 bridgehead atoms. The SMILES string of the molecule is O=C1N(CCCl)c2ccccc2C1(F)F. The fourth-order valence-electron chi connectivity index (χ4n) is 1.68. The molecular formula is C10H8ClF2NO. The Labute approximate surface area is 90.4 Å². The Morgan fingerprint density at radius 1 is 1.33 bits per heavy atom. The standard InChI is InChI=1S/C10H8ClF2NO/c11-5-6-14-8-4-2-1-3-7(8)10(12,13)9(14)15/h1-4H,5-6H2. The molecule has 15 heavy (non-hydrogen) atoms. The van der Waals surface area contributed by atoms with Gasteiger partial charge in [-0.1, -0.05) is 18.2 Å². The first-order valence-electron chi connectivity index (χ1n) is 4.44. The molecule has 0 atom stereocenters. The Kier molecular flexibility index (Phi) is 2.38. The first kappa shape index (κ1) is 10.4. The van der Waals surface area contributed by atoms with Crippen molar-refractivity contribution in [3.8, 4) is 0 Å². The van der Waals surface area contributed by atoms with E-state index in [1.807, 2.05) is 0 Å². The molecule has 0 fully saturated rings. The van der Waals surface area contributed by atoms with Gasteiger partial charge in [0.2, 0.25) is 0 Å². The van der Waals surface area contributed by atoms with Gasteiger partial charge in [-0.2, -0.15) is 8.78 Å². The molecular weight excluding hydrogens is 224 g/mol. The van der Waals surface area contributed by atoms with Crippen LogP contribution in [0.5, 0.6) is 0 Å². The van der Waals surface area contributed by atoms with Crippen molar-refractivity contribution in [3.63, 3.8) is 0 Å². The molecule has 1 heterocycles. The molecule has 0 saturated carbocycles. The van der Waals surface area contributed by atoms with Crippen molar-refractivity contribution in [3.05, 3.63) is 29.8 Å². The predicted molar refractivity (Wildman–Crippen MR) is 53.4 cm³/mol. The van der Waals surface area contributed by atoms with E-state index in [0.29, 0.717) is 0 Å². The third kappa shape index (κ3) is 1.40. The van der Waals surface area contributed by atoms with Gasteiger partial charge in [0, 0.05) is 12.4 Å². The Morgan fingerprint density at radius 2 is 2.00 bits per heavy atom. The molecule has 1 aliphatic rings. The van der Waals surface area contributed by atoms with Crippen LogP contribution < -0.4 is 4.90 Å². The zero-order valence-corrected chi connectivity index (χ0v) is 8.47. The van der Waals surface area contributed by atoms with Crippen LogP contribution in [0, 0.1) is 0 Å². The van der Waals surface area contributed by atoms with E-state index in [0.717, 1.165) is 4.90 Å². The second-order valence-electron chi connectivity index (χ2n) is 3.24. The molecule has 0 aromatic heterocycles. The minimum absolute atomic E-state index is 0.104. The highest BCUT2D eigenvalue weighted by Gasteiger charge is 2.52. The topological polar surface area (TPSA) is 20.3 Å². The third-order valence-corrected chi connectivity index (χ3v) is 2.52. The summed E-state index contributed by atoms with van der Waals surface area (Å²) in [6.45, 7) is 0.104. The molecule has 0 radical (unpaired) electrons. The van der Waals surface area contributed by atoms with Gasteiger partial charge in [-0.15, -0.1) is 11.6 Å². The maximum Gasteiger partial charge on any atom is 0.352 e. The second-order valence-corrected chi connectivity index (χ2v) is 3.62. The first-order valence-corrected chi connectivity index (χ1v) is 4.97.